The number of fused-ring (bicyclic) bond motifs is 1. The molecule has 0 unspecified atom stereocenters. The van der Waals surface area contributed by atoms with Crippen LogP contribution in [-0.2, 0) is 0 Å². The van der Waals surface area contributed by atoms with Crippen LogP contribution >= 0.6 is 11.3 Å². The van der Waals surface area contributed by atoms with Crippen molar-refractivity contribution in [1.82, 2.24) is 10.2 Å². The van der Waals surface area contributed by atoms with E-state index in [0.717, 1.165) is 32.8 Å². The zero-order valence-corrected chi connectivity index (χ0v) is 11.3. The SMILES string of the molecule is c1coc(-c2nnc(-c3cccs3)c3ccccc23)c1. The number of rotatable bonds is 2. The van der Waals surface area contributed by atoms with Crippen LogP contribution in [0.15, 0.2) is 64.6 Å². The molecule has 0 saturated heterocycles. The zero-order valence-electron chi connectivity index (χ0n) is 10.5. The molecular weight excluding hydrogens is 268 g/mol. The molecule has 0 aliphatic heterocycles. The Hall–Kier alpha value is -2.46. The fourth-order valence-electron chi connectivity index (χ4n) is 2.29. The van der Waals surface area contributed by atoms with Crippen LogP contribution in [0.4, 0.5) is 0 Å². The summed E-state index contributed by atoms with van der Waals surface area (Å²) in [6.07, 6.45) is 1.65. The van der Waals surface area contributed by atoms with Gasteiger partial charge in [0.15, 0.2) is 5.76 Å². The fourth-order valence-corrected chi connectivity index (χ4v) is 3.02. The lowest BCUT2D eigenvalue weighted by molar-refractivity contribution is 0.579. The molecule has 4 aromatic rings. The van der Waals surface area contributed by atoms with E-state index in [4.69, 9.17) is 4.42 Å². The van der Waals surface area contributed by atoms with Gasteiger partial charge in [-0.2, -0.15) is 0 Å². The van der Waals surface area contributed by atoms with Crippen LogP contribution in [0, 0.1) is 0 Å². The number of hydrogen-bond donors (Lipinski definition) is 0. The second-order valence-corrected chi connectivity index (χ2v) is 5.35. The molecule has 4 rings (SSSR count). The van der Waals surface area contributed by atoms with E-state index >= 15 is 0 Å². The van der Waals surface area contributed by atoms with Gasteiger partial charge in [-0.15, -0.1) is 21.5 Å². The molecule has 0 aliphatic carbocycles. The van der Waals surface area contributed by atoms with Crippen molar-refractivity contribution in [3.63, 3.8) is 0 Å². The molecule has 0 bridgehead atoms. The molecule has 0 radical (unpaired) electrons. The topological polar surface area (TPSA) is 38.9 Å². The van der Waals surface area contributed by atoms with E-state index in [1.54, 1.807) is 17.6 Å². The number of nitrogens with zero attached hydrogens (tertiary/aromatic N) is 2. The van der Waals surface area contributed by atoms with Crippen molar-refractivity contribution in [1.29, 1.82) is 0 Å². The Kier molecular flexibility index (Phi) is 2.60. The van der Waals surface area contributed by atoms with Crippen LogP contribution < -0.4 is 0 Å². The lowest BCUT2D eigenvalue weighted by Gasteiger charge is -2.06. The van der Waals surface area contributed by atoms with Crippen molar-refractivity contribution in [2.45, 2.75) is 0 Å². The molecule has 0 aliphatic rings. The molecule has 0 atom stereocenters. The third-order valence-electron chi connectivity index (χ3n) is 3.20. The summed E-state index contributed by atoms with van der Waals surface area (Å²) in [6, 6.07) is 16.0. The van der Waals surface area contributed by atoms with Gasteiger partial charge < -0.3 is 4.42 Å². The van der Waals surface area contributed by atoms with Gasteiger partial charge in [0.05, 0.1) is 11.1 Å². The van der Waals surface area contributed by atoms with Gasteiger partial charge in [-0.05, 0) is 23.6 Å². The first kappa shape index (κ1) is 11.4. The van der Waals surface area contributed by atoms with E-state index < -0.39 is 0 Å². The summed E-state index contributed by atoms with van der Waals surface area (Å²) in [7, 11) is 0. The highest BCUT2D eigenvalue weighted by molar-refractivity contribution is 7.13. The molecular formula is C16H10N2OS. The van der Waals surface area contributed by atoms with Crippen LogP contribution in [0.3, 0.4) is 0 Å². The van der Waals surface area contributed by atoms with E-state index in [1.807, 2.05) is 35.7 Å². The number of furan rings is 1. The number of aromatic nitrogens is 2. The van der Waals surface area contributed by atoms with Crippen molar-refractivity contribution in [2.24, 2.45) is 0 Å². The third kappa shape index (κ3) is 1.73. The third-order valence-corrected chi connectivity index (χ3v) is 4.07. The Balaban J connectivity index is 2.05. The summed E-state index contributed by atoms with van der Waals surface area (Å²) < 4.78 is 5.46. The first-order valence-electron chi connectivity index (χ1n) is 6.26. The summed E-state index contributed by atoms with van der Waals surface area (Å²) in [5.41, 5.74) is 1.71. The standard InChI is InChI=1S/C16H10N2OS/c1-2-6-12-11(5-1)15(13-7-3-9-19-13)17-18-16(12)14-8-4-10-20-14/h1-10H. The Morgan fingerprint density at radius 2 is 1.60 bits per heavy atom. The van der Waals surface area contributed by atoms with Gasteiger partial charge in [-0.1, -0.05) is 30.3 Å². The molecule has 96 valence electrons. The molecule has 3 heterocycles. The maximum atomic E-state index is 5.46. The van der Waals surface area contributed by atoms with Crippen molar-refractivity contribution in [2.75, 3.05) is 0 Å². The van der Waals surface area contributed by atoms with E-state index in [9.17, 15) is 0 Å². The molecule has 3 nitrogen and oxygen atoms in total. The van der Waals surface area contributed by atoms with Gasteiger partial charge in [0.1, 0.15) is 11.4 Å². The van der Waals surface area contributed by atoms with Crippen LogP contribution in [0.2, 0.25) is 0 Å². The summed E-state index contributed by atoms with van der Waals surface area (Å²) in [6.45, 7) is 0. The Morgan fingerprint density at radius 3 is 2.30 bits per heavy atom. The summed E-state index contributed by atoms with van der Waals surface area (Å²) in [5, 5.41) is 13.0. The predicted octanol–water partition coefficient (Wildman–Crippen LogP) is 4.62. The molecule has 0 fully saturated rings. The van der Waals surface area contributed by atoms with Crippen molar-refractivity contribution < 1.29 is 4.42 Å². The lowest BCUT2D eigenvalue weighted by atomic mass is 10.1. The highest BCUT2D eigenvalue weighted by Gasteiger charge is 2.13. The minimum Gasteiger partial charge on any atom is -0.463 e. The lowest BCUT2D eigenvalue weighted by Crippen LogP contribution is -1.92. The maximum Gasteiger partial charge on any atom is 0.154 e. The van der Waals surface area contributed by atoms with Crippen molar-refractivity contribution in [3.05, 3.63) is 60.2 Å². The van der Waals surface area contributed by atoms with E-state index in [1.165, 1.54) is 0 Å². The fraction of sp³-hybridized carbons (Fsp3) is 0. The van der Waals surface area contributed by atoms with Crippen molar-refractivity contribution >= 4 is 22.1 Å². The summed E-state index contributed by atoms with van der Waals surface area (Å²) >= 11 is 1.67. The molecule has 0 amide bonds. The molecule has 20 heavy (non-hydrogen) atoms. The molecule has 4 heteroatoms. The largest absolute Gasteiger partial charge is 0.463 e. The molecule has 1 aromatic carbocycles. The smallest absolute Gasteiger partial charge is 0.154 e. The average molecular weight is 278 g/mol. The first-order chi connectivity index (χ1) is 9.93. The molecule has 0 spiro atoms. The van der Waals surface area contributed by atoms with Crippen LogP contribution in [0.25, 0.3) is 32.8 Å². The zero-order chi connectivity index (χ0) is 13.4. The monoisotopic (exact) mass is 278 g/mol. The van der Waals surface area contributed by atoms with Crippen LogP contribution in [-0.4, -0.2) is 10.2 Å². The Labute approximate surface area is 119 Å². The minimum atomic E-state index is 0.742. The first-order valence-corrected chi connectivity index (χ1v) is 7.14. The van der Waals surface area contributed by atoms with E-state index in [0.29, 0.717) is 0 Å². The van der Waals surface area contributed by atoms with Crippen LogP contribution in [0.5, 0.6) is 0 Å². The van der Waals surface area contributed by atoms with Gasteiger partial charge in [0.2, 0.25) is 0 Å². The van der Waals surface area contributed by atoms with Gasteiger partial charge in [-0.25, -0.2) is 0 Å². The molecule has 0 N–H and O–H groups in total. The number of benzene rings is 1. The van der Waals surface area contributed by atoms with Crippen molar-refractivity contribution in [3.8, 4) is 22.0 Å². The normalized spacial score (nSPS) is 11.0. The van der Waals surface area contributed by atoms with Gasteiger partial charge >= 0.3 is 0 Å². The van der Waals surface area contributed by atoms with E-state index in [2.05, 4.69) is 28.4 Å². The predicted molar refractivity (Wildman–Crippen MR) is 80.6 cm³/mol. The van der Waals surface area contributed by atoms with E-state index in [-0.39, 0.29) is 0 Å². The summed E-state index contributed by atoms with van der Waals surface area (Å²) in [5.74, 6) is 0.742. The second-order valence-electron chi connectivity index (χ2n) is 4.40. The quantitative estimate of drug-likeness (QED) is 0.537. The maximum absolute atomic E-state index is 5.46. The highest BCUT2D eigenvalue weighted by Crippen LogP contribution is 2.33. The Bertz CT molecular complexity index is 779. The summed E-state index contributed by atoms with van der Waals surface area (Å²) in [4.78, 5) is 1.12. The number of thiophene rings is 1. The highest BCUT2D eigenvalue weighted by atomic mass is 32.1. The molecule has 3 aromatic heterocycles. The van der Waals surface area contributed by atoms with Crippen LogP contribution in [0.1, 0.15) is 0 Å². The second kappa shape index (κ2) is 4.58. The van der Waals surface area contributed by atoms with Gasteiger partial charge in [0.25, 0.3) is 0 Å². The van der Waals surface area contributed by atoms with Gasteiger partial charge in [0, 0.05) is 10.8 Å². The molecule has 0 saturated carbocycles. The number of hydrogen-bond acceptors (Lipinski definition) is 4. The minimum absolute atomic E-state index is 0.742. The Morgan fingerprint density at radius 1 is 0.800 bits per heavy atom. The average Bonchev–Trinajstić information content (AvgIpc) is 3.19. The van der Waals surface area contributed by atoms with Gasteiger partial charge in [-0.3, -0.25) is 0 Å².